The molecule has 2 atom stereocenters. The van der Waals surface area contributed by atoms with Crippen molar-refractivity contribution in [2.24, 2.45) is 0 Å². The normalized spacial score (nSPS) is 26.5. The van der Waals surface area contributed by atoms with E-state index in [4.69, 9.17) is 4.74 Å². The molecule has 1 N–H and O–H groups in total. The van der Waals surface area contributed by atoms with E-state index in [1.165, 1.54) is 12.8 Å². The van der Waals surface area contributed by atoms with E-state index in [0.29, 0.717) is 18.9 Å². The molecule has 0 spiro atoms. The quantitative estimate of drug-likeness (QED) is 0.813. The predicted molar refractivity (Wildman–Crippen MR) is 77.5 cm³/mol. The van der Waals surface area contributed by atoms with Crippen molar-refractivity contribution in [3.8, 4) is 0 Å². The number of ether oxygens (including phenoxy) is 1. The fraction of sp³-hybridized carbons (Fsp3) is 0.933. The Kier molecular flexibility index (Phi) is 6.26. The van der Waals surface area contributed by atoms with E-state index in [-0.39, 0.29) is 12.0 Å². The topological polar surface area (TPSA) is 53.0 Å². The third kappa shape index (κ3) is 5.04. The van der Waals surface area contributed by atoms with E-state index in [2.05, 4.69) is 4.90 Å². The van der Waals surface area contributed by atoms with Gasteiger partial charge >= 0.3 is 0 Å². The predicted octanol–water partition coefficient (Wildman–Crippen LogP) is 0.861. The molecule has 1 amide bonds. The number of aliphatic hydroxyl groups excluding tert-OH is 1. The van der Waals surface area contributed by atoms with Crippen molar-refractivity contribution in [2.75, 3.05) is 39.3 Å². The summed E-state index contributed by atoms with van der Waals surface area (Å²) in [6.45, 7) is 7.31. The van der Waals surface area contributed by atoms with Crippen molar-refractivity contribution in [1.29, 1.82) is 0 Å². The molecule has 5 nitrogen and oxygen atoms in total. The minimum atomic E-state index is -0.387. The van der Waals surface area contributed by atoms with Crippen LogP contribution in [-0.2, 0) is 9.53 Å². The number of hydrogen-bond acceptors (Lipinski definition) is 4. The highest BCUT2D eigenvalue weighted by Crippen LogP contribution is 2.15. The molecule has 20 heavy (non-hydrogen) atoms. The van der Waals surface area contributed by atoms with Crippen molar-refractivity contribution in [1.82, 2.24) is 9.80 Å². The van der Waals surface area contributed by atoms with Crippen LogP contribution in [0, 0.1) is 0 Å². The van der Waals surface area contributed by atoms with Gasteiger partial charge in [-0.3, -0.25) is 9.69 Å². The molecule has 0 aromatic rings. The van der Waals surface area contributed by atoms with E-state index < -0.39 is 0 Å². The van der Waals surface area contributed by atoms with Gasteiger partial charge in [0.25, 0.3) is 0 Å². The van der Waals surface area contributed by atoms with Gasteiger partial charge in [-0.05, 0) is 39.2 Å². The summed E-state index contributed by atoms with van der Waals surface area (Å²) in [4.78, 5) is 16.5. The van der Waals surface area contributed by atoms with Crippen molar-refractivity contribution in [3.63, 3.8) is 0 Å². The standard InChI is InChI=1S/C15H28N2O3/c1-13(18)5-6-15(19)17-8-3-7-16(9-10-17)12-14-4-2-11-20-14/h13-14,18H,2-12H2,1H3. The van der Waals surface area contributed by atoms with Crippen LogP contribution in [0.1, 0.15) is 39.0 Å². The Morgan fingerprint density at radius 1 is 1.30 bits per heavy atom. The van der Waals surface area contributed by atoms with Gasteiger partial charge in [-0.15, -0.1) is 0 Å². The first-order valence-electron chi connectivity index (χ1n) is 7.95. The van der Waals surface area contributed by atoms with Gasteiger partial charge < -0.3 is 14.7 Å². The van der Waals surface area contributed by atoms with Gasteiger partial charge in [0.15, 0.2) is 0 Å². The summed E-state index contributed by atoms with van der Waals surface area (Å²) in [5, 5.41) is 9.26. The van der Waals surface area contributed by atoms with Crippen molar-refractivity contribution < 1.29 is 14.6 Å². The molecule has 2 aliphatic heterocycles. The summed E-state index contributed by atoms with van der Waals surface area (Å²) in [6, 6.07) is 0. The number of carbonyl (C=O) groups excluding carboxylic acids is 1. The van der Waals surface area contributed by atoms with Crippen LogP contribution in [0.5, 0.6) is 0 Å². The SMILES string of the molecule is CC(O)CCC(=O)N1CCCN(CC2CCCO2)CC1. The summed E-state index contributed by atoms with van der Waals surface area (Å²) < 4.78 is 5.69. The molecule has 2 fully saturated rings. The average molecular weight is 284 g/mol. The van der Waals surface area contributed by atoms with Gasteiger partial charge in [-0.1, -0.05) is 0 Å². The summed E-state index contributed by atoms with van der Waals surface area (Å²) in [5.41, 5.74) is 0. The highest BCUT2D eigenvalue weighted by atomic mass is 16.5. The Bertz CT molecular complexity index is 303. The van der Waals surface area contributed by atoms with Crippen molar-refractivity contribution in [3.05, 3.63) is 0 Å². The molecule has 0 aromatic carbocycles. The molecule has 0 bridgehead atoms. The molecule has 0 aliphatic carbocycles. The molecule has 0 aromatic heterocycles. The average Bonchev–Trinajstić information content (AvgIpc) is 2.81. The lowest BCUT2D eigenvalue weighted by atomic mass is 10.2. The zero-order chi connectivity index (χ0) is 14.4. The maximum atomic E-state index is 12.1. The lowest BCUT2D eigenvalue weighted by molar-refractivity contribution is -0.131. The summed E-state index contributed by atoms with van der Waals surface area (Å²) in [5.74, 6) is 0.185. The van der Waals surface area contributed by atoms with Crippen molar-refractivity contribution >= 4 is 5.91 Å². The van der Waals surface area contributed by atoms with Gasteiger partial charge in [0, 0.05) is 39.2 Å². The van der Waals surface area contributed by atoms with Gasteiger partial charge in [-0.25, -0.2) is 0 Å². The number of hydrogen-bond donors (Lipinski definition) is 1. The Morgan fingerprint density at radius 3 is 2.85 bits per heavy atom. The largest absolute Gasteiger partial charge is 0.393 e. The highest BCUT2D eigenvalue weighted by Gasteiger charge is 2.23. The first-order chi connectivity index (χ1) is 9.65. The van der Waals surface area contributed by atoms with Crippen LogP contribution in [0.15, 0.2) is 0 Å². The smallest absolute Gasteiger partial charge is 0.222 e. The third-order valence-electron chi connectivity index (χ3n) is 4.20. The lowest BCUT2D eigenvalue weighted by Crippen LogP contribution is -2.37. The molecule has 2 aliphatic rings. The molecular weight excluding hydrogens is 256 g/mol. The second kappa shape index (κ2) is 7.96. The van der Waals surface area contributed by atoms with Gasteiger partial charge in [0.2, 0.25) is 5.91 Å². The van der Waals surface area contributed by atoms with Crippen LogP contribution < -0.4 is 0 Å². The number of carbonyl (C=O) groups is 1. The van der Waals surface area contributed by atoms with Crippen LogP contribution in [0.3, 0.4) is 0 Å². The molecule has 116 valence electrons. The first-order valence-corrected chi connectivity index (χ1v) is 7.95. The Labute approximate surface area is 121 Å². The zero-order valence-corrected chi connectivity index (χ0v) is 12.6. The number of nitrogens with zero attached hydrogens (tertiary/aromatic N) is 2. The molecule has 2 rings (SSSR count). The maximum Gasteiger partial charge on any atom is 0.222 e. The minimum Gasteiger partial charge on any atom is -0.393 e. The van der Waals surface area contributed by atoms with Crippen LogP contribution >= 0.6 is 0 Å². The molecular formula is C15H28N2O3. The number of amides is 1. The first kappa shape index (κ1) is 15.7. The lowest BCUT2D eigenvalue weighted by Gasteiger charge is -2.24. The van der Waals surface area contributed by atoms with Crippen molar-refractivity contribution in [2.45, 2.75) is 51.2 Å². The molecule has 0 saturated carbocycles. The van der Waals surface area contributed by atoms with Crippen LogP contribution in [0.2, 0.25) is 0 Å². The highest BCUT2D eigenvalue weighted by molar-refractivity contribution is 5.76. The minimum absolute atomic E-state index is 0.185. The number of aliphatic hydroxyl groups is 1. The number of rotatable bonds is 5. The van der Waals surface area contributed by atoms with E-state index in [1.807, 2.05) is 4.90 Å². The fourth-order valence-electron chi connectivity index (χ4n) is 2.97. The molecule has 5 heteroatoms. The Morgan fingerprint density at radius 2 is 2.15 bits per heavy atom. The zero-order valence-electron chi connectivity index (χ0n) is 12.6. The third-order valence-corrected chi connectivity index (χ3v) is 4.20. The molecule has 0 radical (unpaired) electrons. The maximum absolute atomic E-state index is 12.1. The Hall–Kier alpha value is -0.650. The van der Waals surface area contributed by atoms with Crippen LogP contribution in [0.25, 0.3) is 0 Å². The van der Waals surface area contributed by atoms with E-state index in [9.17, 15) is 9.90 Å². The fourth-order valence-corrected chi connectivity index (χ4v) is 2.97. The van der Waals surface area contributed by atoms with Crippen LogP contribution in [-0.4, -0.2) is 72.4 Å². The Balaban J connectivity index is 1.72. The van der Waals surface area contributed by atoms with Gasteiger partial charge in [0.1, 0.15) is 0 Å². The van der Waals surface area contributed by atoms with Gasteiger partial charge in [0.05, 0.1) is 12.2 Å². The second-order valence-electron chi connectivity index (χ2n) is 6.06. The molecule has 2 heterocycles. The molecule has 2 unspecified atom stereocenters. The monoisotopic (exact) mass is 284 g/mol. The summed E-state index contributed by atoms with van der Waals surface area (Å²) in [7, 11) is 0. The van der Waals surface area contributed by atoms with Crippen LogP contribution in [0.4, 0.5) is 0 Å². The summed E-state index contributed by atoms with van der Waals surface area (Å²) >= 11 is 0. The van der Waals surface area contributed by atoms with E-state index >= 15 is 0 Å². The van der Waals surface area contributed by atoms with E-state index in [0.717, 1.165) is 45.8 Å². The molecule has 2 saturated heterocycles. The van der Waals surface area contributed by atoms with Gasteiger partial charge in [-0.2, -0.15) is 0 Å². The summed E-state index contributed by atoms with van der Waals surface area (Å²) in [6.07, 6.45) is 4.43. The van der Waals surface area contributed by atoms with E-state index in [1.54, 1.807) is 6.92 Å². The second-order valence-corrected chi connectivity index (χ2v) is 6.06.